The van der Waals surface area contributed by atoms with E-state index in [4.69, 9.17) is 5.73 Å². The minimum Gasteiger partial charge on any atom is -0.383 e. The minimum atomic E-state index is -3.03. The lowest BCUT2D eigenvalue weighted by Crippen LogP contribution is -2.29. The summed E-state index contributed by atoms with van der Waals surface area (Å²) in [6.07, 6.45) is -0.442. The maximum atomic E-state index is 11.8. The van der Waals surface area contributed by atoms with Crippen molar-refractivity contribution in [1.29, 1.82) is 0 Å². The number of hydrogen-bond donors (Lipinski definition) is 2. The van der Waals surface area contributed by atoms with E-state index < -0.39 is 12.3 Å². The molecule has 0 aliphatic rings. The van der Waals surface area contributed by atoms with E-state index >= 15 is 0 Å². The zero-order valence-electron chi connectivity index (χ0n) is 7.08. The van der Waals surface area contributed by atoms with Crippen LogP contribution in [0, 0.1) is 0 Å². The summed E-state index contributed by atoms with van der Waals surface area (Å²) in [5, 5.41) is 1.99. The predicted molar refractivity (Wildman–Crippen MR) is 44.3 cm³/mol. The molecule has 0 saturated carbocycles. The van der Waals surface area contributed by atoms with E-state index in [2.05, 4.69) is 9.97 Å². The molecule has 0 fully saturated rings. The Morgan fingerprint density at radius 2 is 2.36 bits per heavy atom. The van der Waals surface area contributed by atoms with E-state index in [1.54, 1.807) is 0 Å². The summed E-state index contributed by atoms with van der Waals surface area (Å²) in [6, 6.07) is 0. The molecule has 0 aliphatic heterocycles. The molecule has 1 amide bonds. The molecule has 7 heteroatoms. The van der Waals surface area contributed by atoms with E-state index in [1.165, 1.54) is 12.5 Å². The summed E-state index contributed by atoms with van der Waals surface area (Å²) in [6.45, 7) is -0.101. The van der Waals surface area contributed by atoms with Crippen molar-refractivity contribution in [3.63, 3.8) is 0 Å². The Balaban J connectivity index is 2.54. The standard InChI is InChI=1S/C7H8F2N4O/c8-5(9)7(14)12-2-4-1-11-3-13-6(4)10/h1,3,5H,2H2,(H,12,14)(H2,10,11,13). The smallest absolute Gasteiger partial charge is 0.315 e. The highest BCUT2D eigenvalue weighted by Crippen LogP contribution is 2.04. The zero-order valence-corrected chi connectivity index (χ0v) is 7.08. The van der Waals surface area contributed by atoms with Gasteiger partial charge in [0.05, 0.1) is 0 Å². The number of nitrogens with one attached hydrogen (secondary N) is 1. The summed E-state index contributed by atoms with van der Waals surface area (Å²) >= 11 is 0. The number of amides is 1. The second-order valence-electron chi connectivity index (χ2n) is 2.45. The highest BCUT2D eigenvalue weighted by molar-refractivity contribution is 5.79. The molecular formula is C7H8F2N4O. The van der Waals surface area contributed by atoms with E-state index in [0.29, 0.717) is 5.56 Å². The van der Waals surface area contributed by atoms with Crippen molar-refractivity contribution in [2.45, 2.75) is 13.0 Å². The average molecular weight is 202 g/mol. The largest absolute Gasteiger partial charge is 0.383 e. The molecule has 1 rings (SSSR count). The molecule has 0 radical (unpaired) electrons. The molecule has 0 aliphatic carbocycles. The Labute approximate surface area is 78.3 Å². The van der Waals surface area contributed by atoms with Gasteiger partial charge in [-0.05, 0) is 0 Å². The van der Waals surface area contributed by atoms with Gasteiger partial charge in [-0.1, -0.05) is 0 Å². The van der Waals surface area contributed by atoms with Gasteiger partial charge in [0.15, 0.2) is 0 Å². The van der Waals surface area contributed by atoms with Gasteiger partial charge in [0.2, 0.25) is 0 Å². The monoisotopic (exact) mass is 202 g/mol. The van der Waals surface area contributed by atoms with Crippen molar-refractivity contribution in [1.82, 2.24) is 15.3 Å². The number of alkyl halides is 2. The van der Waals surface area contributed by atoms with Crippen molar-refractivity contribution in [2.75, 3.05) is 5.73 Å². The third-order valence-electron chi connectivity index (χ3n) is 1.47. The fraction of sp³-hybridized carbons (Fsp3) is 0.286. The fourth-order valence-corrected chi connectivity index (χ4v) is 0.764. The van der Waals surface area contributed by atoms with Crippen molar-refractivity contribution in [3.8, 4) is 0 Å². The van der Waals surface area contributed by atoms with E-state index in [-0.39, 0.29) is 12.4 Å². The van der Waals surface area contributed by atoms with Crippen LogP contribution in [0.5, 0.6) is 0 Å². The molecule has 76 valence electrons. The molecule has 0 spiro atoms. The first-order chi connectivity index (χ1) is 6.61. The number of carbonyl (C=O) groups is 1. The van der Waals surface area contributed by atoms with Gasteiger partial charge in [0.25, 0.3) is 5.91 Å². The van der Waals surface area contributed by atoms with E-state index in [1.807, 2.05) is 5.32 Å². The van der Waals surface area contributed by atoms with Crippen LogP contribution < -0.4 is 11.1 Å². The number of aromatic nitrogens is 2. The maximum Gasteiger partial charge on any atom is 0.315 e. The van der Waals surface area contributed by atoms with Crippen LogP contribution in [0.3, 0.4) is 0 Å². The topological polar surface area (TPSA) is 80.9 Å². The lowest BCUT2D eigenvalue weighted by Gasteiger charge is -2.05. The number of nitrogens with two attached hydrogens (primary N) is 1. The quantitative estimate of drug-likeness (QED) is 0.719. The van der Waals surface area contributed by atoms with Crippen LogP contribution in [0.4, 0.5) is 14.6 Å². The lowest BCUT2D eigenvalue weighted by atomic mass is 10.3. The van der Waals surface area contributed by atoms with Crippen molar-refractivity contribution < 1.29 is 13.6 Å². The fourth-order valence-electron chi connectivity index (χ4n) is 0.764. The molecule has 0 aromatic carbocycles. The Hall–Kier alpha value is -1.79. The molecule has 1 aromatic rings. The molecule has 0 bridgehead atoms. The van der Waals surface area contributed by atoms with Gasteiger partial charge in [-0.2, -0.15) is 8.78 Å². The number of halogens is 2. The van der Waals surface area contributed by atoms with E-state index in [9.17, 15) is 13.6 Å². The van der Waals surface area contributed by atoms with Gasteiger partial charge in [-0.3, -0.25) is 4.79 Å². The lowest BCUT2D eigenvalue weighted by molar-refractivity contribution is -0.131. The minimum absolute atomic E-state index is 0.101. The van der Waals surface area contributed by atoms with Crippen molar-refractivity contribution in [3.05, 3.63) is 18.1 Å². The van der Waals surface area contributed by atoms with E-state index in [0.717, 1.165) is 0 Å². The Morgan fingerprint density at radius 1 is 1.64 bits per heavy atom. The number of rotatable bonds is 3. The second-order valence-corrected chi connectivity index (χ2v) is 2.45. The van der Waals surface area contributed by atoms with Crippen LogP contribution in [-0.2, 0) is 11.3 Å². The molecule has 0 atom stereocenters. The third-order valence-corrected chi connectivity index (χ3v) is 1.47. The SMILES string of the molecule is Nc1ncncc1CNC(=O)C(F)F. The highest BCUT2D eigenvalue weighted by Gasteiger charge is 2.14. The first-order valence-electron chi connectivity index (χ1n) is 3.71. The van der Waals surface area contributed by atoms with Gasteiger partial charge in [-0.15, -0.1) is 0 Å². The molecule has 0 unspecified atom stereocenters. The van der Waals surface area contributed by atoms with Crippen LogP contribution >= 0.6 is 0 Å². The van der Waals surface area contributed by atoms with Crippen molar-refractivity contribution >= 4 is 11.7 Å². The first-order valence-corrected chi connectivity index (χ1v) is 3.71. The molecular weight excluding hydrogens is 194 g/mol. The second kappa shape index (κ2) is 4.45. The summed E-state index contributed by atoms with van der Waals surface area (Å²) < 4.78 is 23.5. The number of hydrogen-bond acceptors (Lipinski definition) is 4. The maximum absolute atomic E-state index is 11.8. The number of anilines is 1. The molecule has 1 aromatic heterocycles. The summed E-state index contributed by atoms with van der Waals surface area (Å²) in [5.74, 6) is -1.18. The normalized spacial score (nSPS) is 10.2. The molecule has 5 nitrogen and oxygen atoms in total. The van der Waals surface area contributed by atoms with Crippen LogP contribution in [0.15, 0.2) is 12.5 Å². The number of nitrogens with zero attached hydrogens (tertiary/aromatic N) is 2. The van der Waals surface area contributed by atoms with Crippen LogP contribution in [0.25, 0.3) is 0 Å². The summed E-state index contributed by atoms with van der Waals surface area (Å²) in [7, 11) is 0. The average Bonchev–Trinajstić information content (AvgIpc) is 2.16. The Kier molecular flexibility index (Phi) is 3.27. The van der Waals surface area contributed by atoms with Gasteiger partial charge in [0.1, 0.15) is 12.1 Å². The van der Waals surface area contributed by atoms with Gasteiger partial charge in [0, 0.05) is 18.3 Å². The molecule has 0 saturated heterocycles. The Morgan fingerprint density at radius 3 is 2.93 bits per heavy atom. The Bertz CT molecular complexity index is 331. The van der Waals surface area contributed by atoms with Crippen LogP contribution in [0.1, 0.15) is 5.56 Å². The highest BCUT2D eigenvalue weighted by atomic mass is 19.3. The molecule has 1 heterocycles. The van der Waals surface area contributed by atoms with Gasteiger partial charge >= 0.3 is 6.43 Å². The predicted octanol–water partition coefficient (Wildman–Crippen LogP) is -0.0599. The number of nitrogen functional groups attached to an aromatic ring is 1. The number of carbonyl (C=O) groups excluding carboxylic acids is 1. The van der Waals surface area contributed by atoms with Crippen molar-refractivity contribution in [2.24, 2.45) is 0 Å². The van der Waals surface area contributed by atoms with Gasteiger partial charge in [-0.25, -0.2) is 9.97 Å². The molecule has 3 N–H and O–H groups in total. The van der Waals surface area contributed by atoms with Crippen LogP contribution in [-0.4, -0.2) is 22.3 Å². The zero-order chi connectivity index (χ0) is 10.6. The third kappa shape index (κ3) is 2.61. The van der Waals surface area contributed by atoms with Gasteiger partial charge < -0.3 is 11.1 Å². The summed E-state index contributed by atoms with van der Waals surface area (Å²) in [5.41, 5.74) is 5.80. The van der Waals surface area contributed by atoms with Crippen LogP contribution in [0.2, 0.25) is 0 Å². The first kappa shape index (κ1) is 10.3. The molecule has 14 heavy (non-hydrogen) atoms. The summed E-state index contributed by atoms with van der Waals surface area (Å²) in [4.78, 5) is 17.8.